The van der Waals surface area contributed by atoms with Crippen molar-refractivity contribution >= 4 is 22.7 Å². The molecule has 1 aromatic heterocycles. The van der Waals surface area contributed by atoms with Crippen molar-refractivity contribution < 1.29 is 9.59 Å². The second-order valence-electron chi connectivity index (χ2n) is 6.31. The van der Waals surface area contributed by atoms with Crippen LogP contribution in [0.1, 0.15) is 31.2 Å². The van der Waals surface area contributed by atoms with Crippen molar-refractivity contribution in [3.8, 4) is 0 Å². The Bertz CT molecular complexity index is 822. The Hall–Kier alpha value is -2.63. The van der Waals surface area contributed by atoms with Gasteiger partial charge in [-0.3, -0.25) is 14.4 Å². The van der Waals surface area contributed by atoms with Gasteiger partial charge < -0.3 is 15.6 Å². The van der Waals surface area contributed by atoms with Gasteiger partial charge in [-0.1, -0.05) is 31.0 Å². The molecule has 1 aliphatic carbocycles. The van der Waals surface area contributed by atoms with E-state index in [-0.39, 0.29) is 30.5 Å². The molecule has 1 heterocycles. The van der Waals surface area contributed by atoms with Crippen molar-refractivity contribution in [1.29, 1.82) is 0 Å². The van der Waals surface area contributed by atoms with Crippen molar-refractivity contribution in [3.05, 3.63) is 46.2 Å². The minimum absolute atomic E-state index is 0.0239. The number of nitrogens with two attached hydrogens (primary N) is 1. The van der Waals surface area contributed by atoms with E-state index in [1.807, 2.05) is 24.3 Å². The van der Waals surface area contributed by atoms with Crippen LogP contribution in [0.4, 0.5) is 0 Å². The molecule has 3 N–H and O–H groups in total. The fraction of sp³-hybridized carbons (Fsp3) is 0.389. The predicted molar refractivity (Wildman–Crippen MR) is 91.4 cm³/mol. The maximum atomic E-state index is 12.7. The third-order valence-corrected chi connectivity index (χ3v) is 4.58. The highest BCUT2D eigenvalue weighted by Crippen LogP contribution is 2.24. The van der Waals surface area contributed by atoms with Gasteiger partial charge in [-0.15, -0.1) is 0 Å². The fourth-order valence-corrected chi connectivity index (χ4v) is 3.39. The van der Waals surface area contributed by atoms with Crippen LogP contribution in [0.25, 0.3) is 10.9 Å². The number of benzene rings is 1. The van der Waals surface area contributed by atoms with E-state index in [0.717, 1.165) is 36.6 Å². The molecular formula is C18H21N3O3. The molecule has 6 nitrogen and oxygen atoms in total. The Morgan fingerprint density at radius 2 is 1.92 bits per heavy atom. The van der Waals surface area contributed by atoms with Gasteiger partial charge in [-0.2, -0.15) is 0 Å². The number of H-pyrrole nitrogens is 1. The molecule has 1 fully saturated rings. The summed E-state index contributed by atoms with van der Waals surface area (Å²) in [7, 11) is 0. The first-order valence-corrected chi connectivity index (χ1v) is 8.23. The topological polar surface area (TPSA) is 96.3 Å². The van der Waals surface area contributed by atoms with Crippen LogP contribution in [-0.4, -0.2) is 34.3 Å². The van der Waals surface area contributed by atoms with Crippen molar-refractivity contribution in [2.24, 2.45) is 5.73 Å². The van der Waals surface area contributed by atoms with Crippen LogP contribution in [0.15, 0.2) is 35.1 Å². The van der Waals surface area contributed by atoms with Crippen LogP contribution < -0.4 is 11.3 Å². The second-order valence-corrected chi connectivity index (χ2v) is 6.31. The Morgan fingerprint density at radius 3 is 2.62 bits per heavy atom. The van der Waals surface area contributed by atoms with Gasteiger partial charge in [-0.05, 0) is 30.4 Å². The molecule has 126 valence electrons. The molecule has 3 rings (SSSR count). The second kappa shape index (κ2) is 6.86. The molecule has 0 radical (unpaired) electrons. The lowest BCUT2D eigenvalue weighted by Crippen LogP contribution is -2.45. The van der Waals surface area contributed by atoms with E-state index in [4.69, 9.17) is 5.73 Å². The fourth-order valence-electron chi connectivity index (χ4n) is 3.39. The lowest BCUT2D eigenvalue weighted by atomic mass is 10.1. The van der Waals surface area contributed by atoms with Crippen molar-refractivity contribution in [3.63, 3.8) is 0 Å². The highest BCUT2D eigenvalue weighted by molar-refractivity contribution is 5.86. The number of carbonyl (C=O) groups is 2. The molecule has 0 aliphatic heterocycles. The number of pyridine rings is 1. The Balaban J connectivity index is 1.85. The zero-order valence-corrected chi connectivity index (χ0v) is 13.5. The van der Waals surface area contributed by atoms with Crippen LogP contribution in [-0.2, 0) is 16.0 Å². The summed E-state index contributed by atoms with van der Waals surface area (Å²) in [5.74, 6) is -0.746. The minimum Gasteiger partial charge on any atom is -0.368 e. The molecule has 0 saturated heterocycles. The smallest absolute Gasteiger partial charge is 0.252 e. The minimum atomic E-state index is -0.525. The van der Waals surface area contributed by atoms with Crippen LogP contribution in [0.3, 0.4) is 0 Å². The Morgan fingerprint density at radius 1 is 1.21 bits per heavy atom. The van der Waals surface area contributed by atoms with E-state index < -0.39 is 5.91 Å². The lowest BCUT2D eigenvalue weighted by molar-refractivity contribution is -0.136. The van der Waals surface area contributed by atoms with Gasteiger partial charge in [-0.25, -0.2) is 0 Å². The number of rotatable bonds is 5. The van der Waals surface area contributed by atoms with Crippen molar-refractivity contribution in [2.75, 3.05) is 6.54 Å². The molecule has 0 bridgehead atoms. The van der Waals surface area contributed by atoms with Gasteiger partial charge in [0.1, 0.15) is 0 Å². The van der Waals surface area contributed by atoms with Crippen LogP contribution in [0, 0.1) is 0 Å². The molecule has 24 heavy (non-hydrogen) atoms. The van der Waals surface area contributed by atoms with E-state index in [1.165, 1.54) is 0 Å². The number of aromatic nitrogens is 1. The molecule has 0 atom stereocenters. The van der Waals surface area contributed by atoms with E-state index in [9.17, 15) is 14.4 Å². The summed E-state index contributed by atoms with van der Waals surface area (Å²) in [6.07, 6.45) is 3.83. The quantitative estimate of drug-likeness (QED) is 0.867. The van der Waals surface area contributed by atoms with E-state index >= 15 is 0 Å². The molecule has 2 amide bonds. The first kappa shape index (κ1) is 16.2. The summed E-state index contributed by atoms with van der Waals surface area (Å²) in [6.45, 7) is -0.0883. The van der Waals surface area contributed by atoms with E-state index in [2.05, 4.69) is 4.98 Å². The predicted octanol–water partition coefficient (Wildman–Crippen LogP) is 1.33. The van der Waals surface area contributed by atoms with Gasteiger partial charge in [0, 0.05) is 17.1 Å². The molecule has 1 saturated carbocycles. The zero-order valence-electron chi connectivity index (χ0n) is 13.5. The number of nitrogens with zero attached hydrogens (tertiary/aromatic N) is 1. The number of amides is 2. The molecule has 2 aromatic rings. The van der Waals surface area contributed by atoms with Crippen LogP contribution >= 0.6 is 0 Å². The van der Waals surface area contributed by atoms with Gasteiger partial charge in [0.25, 0.3) is 5.56 Å². The molecule has 1 aromatic carbocycles. The average molecular weight is 327 g/mol. The number of primary amides is 1. The van der Waals surface area contributed by atoms with Gasteiger partial charge in [0.2, 0.25) is 11.8 Å². The maximum Gasteiger partial charge on any atom is 0.252 e. The molecule has 6 heteroatoms. The summed E-state index contributed by atoms with van der Waals surface area (Å²) in [6, 6.07) is 9.22. The van der Waals surface area contributed by atoms with Crippen molar-refractivity contribution in [2.45, 2.75) is 38.1 Å². The normalized spacial score (nSPS) is 14.8. The molecule has 0 unspecified atom stereocenters. The number of hydrogen-bond donors (Lipinski definition) is 2. The summed E-state index contributed by atoms with van der Waals surface area (Å²) >= 11 is 0. The number of nitrogens with one attached hydrogen (secondary N) is 1. The zero-order chi connectivity index (χ0) is 17.1. The first-order valence-electron chi connectivity index (χ1n) is 8.23. The number of aromatic amines is 1. The highest BCUT2D eigenvalue weighted by Gasteiger charge is 2.28. The SMILES string of the molecule is NC(=O)CN(C(=O)Cc1cc2ccccc2[nH]c1=O)C1CCCC1. The standard InChI is InChI=1S/C18H21N3O3/c19-16(22)11-21(14-6-2-3-7-14)17(23)10-13-9-12-5-1-4-8-15(12)20-18(13)24/h1,4-5,8-9,14H,2-3,6-7,10-11H2,(H2,19,22)(H,20,24). The summed E-state index contributed by atoms with van der Waals surface area (Å²) in [4.78, 5) is 40.6. The molecular weight excluding hydrogens is 306 g/mol. The first-order chi connectivity index (χ1) is 11.5. The van der Waals surface area contributed by atoms with Crippen molar-refractivity contribution in [1.82, 2.24) is 9.88 Å². The summed E-state index contributed by atoms with van der Waals surface area (Å²) in [5, 5.41) is 0.877. The van der Waals surface area contributed by atoms with Crippen LogP contribution in [0.2, 0.25) is 0 Å². The number of carbonyl (C=O) groups excluding carboxylic acids is 2. The van der Waals surface area contributed by atoms with E-state index in [1.54, 1.807) is 11.0 Å². The maximum absolute atomic E-state index is 12.7. The monoisotopic (exact) mass is 327 g/mol. The average Bonchev–Trinajstić information content (AvgIpc) is 3.07. The third-order valence-electron chi connectivity index (χ3n) is 4.58. The van der Waals surface area contributed by atoms with Crippen LogP contribution in [0.5, 0.6) is 0 Å². The lowest BCUT2D eigenvalue weighted by Gasteiger charge is -2.27. The summed E-state index contributed by atoms with van der Waals surface area (Å²) < 4.78 is 0. The number of para-hydroxylation sites is 1. The Kier molecular flexibility index (Phi) is 4.64. The molecule has 1 aliphatic rings. The summed E-state index contributed by atoms with van der Waals surface area (Å²) in [5.41, 5.74) is 6.17. The van der Waals surface area contributed by atoms with Gasteiger partial charge >= 0.3 is 0 Å². The van der Waals surface area contributed by atoms with E-state index in [0.29, 0.717) is 5.56 Å². The van der Waals surface area contributed by atoms with Gasteiger partial charge in [0.15, 0.2) is 0 Å². The largest absolute Gasteiger partial charge is 0.368 e. The number of hydrogen-bond acceptors (Lipinski definition) is 3. The molecule has 0 spiro atoms. The Labute approximate surface area is 139 Å². The highest BCUT2D eigenvalue weighted by atomic mass is 16.2. The third kappa shape index (κ3) is 3.48. The number of fused-ring (bicyclic) bond motifs is 1. The van der Waals surface area contributed by atoms with Gasteiger partial charge in [0.05, 0.1) is 13.0 Å².